The molecular weight excluding hydrogens is 364 g/mol. The van der Waals surface area contributed by atoms with Crippen molar-refractivity contribution in [1.82, 2.24) is 5.32 Å². The average Bonchev–Trinajstić information content (AvgIpc) is 2.75. The highest BCUT2D eigenvalue weighted by Crippen LogP contribution is 2.15. The molecule has 0 radical (unpaired) electrons. The lowest BCUT2D eigenvalue weighted by molar-refractivity contribution is -0.122. The van der Waals surface area contributed by atoms with Gasteiger partial charge in [-0.1, -0.05) is 48.0 Å². The van der Waals surface area contributed by atoms with E-state index in [1.54, 1.807) is 31.2 Å². The molecule has 1 atom stereocenters. The molecule has 0 aliphatic heterocycles. The minimum Gasteiger partial charge on any atom is -0.481 e. The van der Waals surface area contributed by atoms with Crippen LogP contribution < -0.4 is 15.4 Å². The van der Waals surface area contributed by atoms with Crippen LogP contribution in [0.5, 0.6) is 5.75 Å². The molecule has 0 fully saturated rings. The van der Waals surface area contributed by atoms with Gasteiger partial charge >= 0.3 is 0 Å². The minimum absolute atomic E-state index is 0.162. The van der Waals surface area contributed by atoms with E-state index < -0.39 is 6.10 Å². The molecule has 2 amide bonds. The fourth-order valence-electron chi connectivity index (χ4n) is 2.70. The summed E-state index contributed by atoms with van der Waals surface area (Å²) in [7, 11) is 0. The standard InChI is InChI=1S/C24H24N2O3/c1-17-8-12-21(13-9-17)26-23(27)18(2)29-22-14-10-20(11-15-22)24(28)25-16-19-6-4-3-5-7-19/h3-15,18H,16H2,1-2H3,(H,25,28)(H,26,27)/t18-/m1/s1. The van der Waals surface area contributed by atoms with Gasteiger partial charge in [-0.05, 0) is 55.8 Å². The predicted molar refractivity (Wildman–Crippen MR) is 114 cm³/mol. The number of amides is 2. The number of rotatable bonds is 7. The van der Waals surface area contributed by atoms with E-state index in [4.69, 9.17) is 4.74 Å². The molecule has 0 saturated carbocycles. The highest BCUT2D eigenvalue weighted by molar-refractivity contribution is 5.95. The van der Waals surface area contributed by atoms with Crippen LogP contribution in [0.1, 0.15) is 28.4 Å². The largest absolute Gasteiger partial charge is 0.481 e. The van der Waals surface area contributed by atoms with Crippen molar-refractivity contribution in [1.29, 1.82) is 0 Å². The van der Waals surface area contributed by atoms with Gasteiger partial charge in [0.1, 0.15) is 5.75 Å². The van der Waals surface area contributed by atoms with E-state index in [0.717, 1.165) is 16.8 Å². The van der Waals surface area contributed by atoms with Gasteiger partial charge in [-0.25, -0.2) is 0 Å². The Kier molecular flexibility index (Phi) is 6.63. The smallest absolute Gasteiger partial charge is 0.265 e. The Morgan fingerprint density at radius 1 is 0.897 bits per heavy atom. The third-order valence-electron chi connectivity index (χ3n) is 4.41. The lowest BCUT2D eigenvalue weighted by atomic mass is 10.2. The average molecular weight is 388 g/mol. The van der Waals surface area contributed by atoms with Gasteiger partial charge in [0.2, 0.25) is 0 Å². The van der Waals surface area contributed by atoms with Crippen molar-refractivity contribution in [3.05, 3.63) is 95.6 Å². The zero-order valence-corrected chi connectivity index (χ0v) is 16.5. The van der Waals surface area contributed by atoms with Crippen molar-refractivity contribution in [2.24, 2.45) is 0 Å². The molecule has 0 aromatic heterocycles. The molecule has 29 heavy (non-hydrogen) atoms. The molecule has 0 aliphatic carbocycles. The van der Waals surface area contributed by atoms with Crippen LogP contribution in [0.2, 0.25) is 0 Å². The Labute approximate surface area is 170 Å². The van der Waals surface area contributed by atoms with Gasteiger partial charge in [0.15, 0.2) is 6.10 Å². The van der Waals surface area contributed by atoms with Crippen LogP contribution in [0.4, 0.5) is 5.69 Å². The van der Waals surface area contributed by atoms with Gasteiger partial charge in [0, 0.05) is 17.8 Å². The van der Waals surface area contributed by atoms with Gasteiger partial charge in [0.25, 0.3) is 11.8 Å². The molecule has 0 unspecified atom stereocenters. The van der Waals surface area contributed by atoms with E-state index in [2.05, 4.69) is 10.6 Å². The number of anilines is 1. The molecule has 3 rings (SSSR count). The second-order valence-electron chi connectivity index (χ2n) is 6.81. The lowest BCUT2D eigenvalue weighted by Gasteiger charge is -2.15. The van der Waals surface area contributed by atoms with Crippen LogP contribution >= 0.6 is 0 Å². The summed E-state index contributed by atoms with van der Waals surface area (Å²) in [6.45, 7) is 4.14. The first kappa shape index (κ1) is 20.1. The molecule has 5 nitrogen and oxygen atoms in total. The first-order chi connectivity index (χ1) is 14.0. The molecule has 0 bridgehead atoms. The fraction of sp³-hybridized carbons (Fsp3) is 0.167. The Bertz CT molecular complexity index is 952. The molecule has 0 spiro atoms. The maximum Gasteiger partial charge on any atom is 0.265 e. The van der Waals surface area contributed by atoms with Crippen LogP contribution in [0.15, 0.2) is 78.9 Å². The first-order valence-corrected chi connectivity index (χ1v) is 9.47. The van der Waals surface area contributed by atoms with E-state index in [9.17, 15) is 9.59 Å². The topological polar surface area (TPSA) is 67.4 Å². The van der Waals surface area contributed by atoms with Crippen molar-refractivity contribution in [3.63, 3.8) is 0 Å². The highest BCUT2D eigenvalue weighted by Gasteiger charge is 2.15. The number of carbonyl (C=O) groups excluding carboxylic acids is 2. The van der Waals surface area contributed by atoms with Gasteiger partial charge in [-0.3, -0.25) is 9.59 Å². The summed E-state index contributed by atoms with van der Waals surface area (Å²) < 4.78 is 5.69. The summed E-state index contributed by atoms with van der Waals surface area (Å²) in [5, 5.41) is 5.70. The van der Waals surface area contributed by atoms with E-state index in [1.165, 1.54) is 0 Å². The molecule has 3 aromatic carbocycles. The zero-order valence-electron chi connectivity index (χ0n) is 16.5. The molecule has 3 aromatic rings. The second kappa shape index (κ2) is 9.55. The van der Waals surface area contributed by atoms with Crippen LogP contribution in [0, 0.1) is 6.92 Å². The summed E-state index contributed by atoms with van der Waals surface area (Å²) in [5.41, 5.74) is 3.42. The minimum atomic E-state index is -0.672. The van der Waals surface area contributed by atoms with Gasteiger partial charge in [0.05, 0.1) is 0 Å². The molecule has 0 saturated heterocycles. The van der Waals surface area contributed by atoms with Crippen molar-refractivity contribution >= 4 is 17.5 Å². The summed E-state index contributed by atoms with van der Waals surface area (Å²) in [5.74, 6) is 0.125. The zero-order chi connectivity index (χ0) is 20.6. The summed E-state index contributed by atoms with van der Waals surface area (Å²) in [6, 6.07) is 24.0. The molecule has 2 N–H and O–H groups in total. The van der Waals surface area contributed by atoms with Gasteiger partial charge in [-0.15, -0.1) is 0 Å². The number of benzene rings is 3. The number of hydrogen-bond donors (Lipinski definition) is 2. The molecule has 148 valence electrons. The fourth-order valence-corrected chi connectivity index (χ4v) is 2.70. The van der Waals surface area contributed by atoms with Crippen molar-refractivity contribution in [2.75, 3.05) is 5.32 Å². The highest BCUT2D eigenvalue weighted by atomic mass is 16.5. The molecule has 0 heterocycles. The lowest BCUT2D eigenvalue weighted by Crippen LogP contribution is -2.30. The number of aryl methyl sites for hydroxylation is 1. The number of hydrogen-bond acceptors (Lipinski definition) is 3. The van der Waals surface area contributed by atoms with Crippen molar-refractivity contribution in [2.45, 2.75) is 26.5 Å². The predicted octanol–water partition coefficient (Wildman–Crippen LogP) is 4.33. The Balaban J connectivity index is 1.51. The summed E-state index contributed by atoms with van der Waals surface area (Å²) in [4.78, 5) is 24.6. The quantitative estimate of drug-likeness (QED) is 0.633. The molecule has 0 aliphatic rings. The third kappa shape index (κ3) is 5.94. The maximum atomic E-state index is 12.3. The van der Waals surface area contributed by atoms with E-state index in [0.29, 0.717) is 17.9 Å². The normalized spacial score (nSPS) is 11.4. The summed E-state index contributed by atoms with van der Waals surface area (Å²) >= 11 is 0. The van der Waals surface area contributed by atoms with Crippen LogP contribution in [-0.4, -0.2) is 17.9 Å². The Morgan fingerprint density at radius 3 is 2.21 bits per heavy atom. The third-order valence-corrected chi connectivity index (χ3v) is 4.41. The van der Waals surface area contributed by atoms with Crippen LogP contribution in [-0.2, 0) is 11.3 Å². The SMILES string of the molecule is Cc1ccc(NC(=O)[C@@H](C)Oc2ccc(C(=O)NCc3ccccc3)cc2)cc1. The van der Waals surface area contributed by atoms with E-state index in [1.807, 2.05) is 61.5 Å². The molecule has 5 heteroatoms. The maximum absolute atomic E-state index is 12.3. The van der Waals surface area contributed by atoms with Crippen LogP contribution in [0.25, 0.3) is 0 Å². The number of carbonyl (C=O) groups is 2. The Morgan fingerprint density at radius 2 is 1.55 bits per heavy atom. The number of nitrogens with one attached hydrogen (secondary N) is 2. The number of ether oxygens (including phenoxy) is 1. The summed E-state index contributed by atoms with van der Waals surface area (Å²) in [6.07, 6.45) is -0.672. The van der Waals surface area contributed by atoms with E-state index >= 15 is 0 Å². The van der Waals surface area contributed by atoms with E-state index in [-0.39, 0.29) is 11.8 Å². The van der Waals surface area contributed by atoms with Gasteiger partial charge in [-0.2, -0.15) is 0 Å². The van der Waals surface area contributed by atoms with Crippen molar-refractivity contribution < 1.29 is 14.3 Å². The molecular formula is C24H24N2O3. The monoisotopic (exact) mass is 388 g/mol. The van der Waals surface area contributed by atoms with Crippen molar-refractivity contribution in [3.8, 4) is 5.75 Å². The Hall–Kier alpha value is -3.60. The van der Waals surface area contributed by atoms with Crippen LogP contribution in [0.3, 0.4) is 0 Å². The van der Waals surface area contributed by atoms with Gasteiger partial charge < -0.3 is 15.4 Å². The second-order valence-corrected chi connectivity index (χ2v) is 6.81. The first-order valence-electron chi connectivity index (χ1n) is 9.47.